The quantitative estimate of drug-likeness (QED) is 0.312. The van der Waals surface area contributed by atoms with Crippen molar-refractivity contribution in [3.8, 4) is 22.3 Å². The van der Waals surface area contributed by atoms with Gasteiger partial charge in [-0.15, -0.1) is 0 Å². The zero-order valence-corrected chi connectivity index (χ0v) is 20.9. The van der Waals surface area contributed by atoms with Crippen molar-refractivity contribution >= 4 is 28.1 Å². The molecule has 5 heterocycles. The minimum absolute atomic E-state index is 0.231. The van der Waals surface area contributed by atoms with E-state index in [-0.39, 0.29) is 12.0 Å². The van der Waals surface area contributed by atoms with Gasteiger partial charge < -0.3 is 20.4 Å². The molecule has 0 bridgehead atoms. The van der Waals surface area contributed by atoms with Crippen LogP contribution in [-0.4, -0.2) is 58.3 Å². The number of aromatic amines is 1. The van der Waals surface area contributed by atoms with Crippen LogP contribution in [0.5, 0.6) is 0 Å². The largest absolute Gasteiger partial charge is 0.369 e. The number of nitrogens with zero attached hydrogens (tertiary/aromatic N) is 5. The normalized spacial score (nSPS) is 17.3. The minimum atomic E-state index is -0.243. The molecule has 0 radical (unpaired) electrons. The summed E-state index contributed by atoms with van der Waals surface area (Å²) in [6, 6.07) is 17.4. The molecule has 0 amide bonds. The van der Waals surface area contributed by atoms with Crippen molar-refractivity contribution in [2.24, 2.45) is 0 Å². The number of hydrogen-bond acceptors (Lipinski definition) is 7. The van der Waals surface area contributed by atoms with Gasteiger partial charge in [-0.25, -0.2) is 9.37 Å². The van der Waals surface area contributed by atoms with Gasteiger partial charge in [-0.05, 0) is 49.0 Å². The summed E-state index contributed by atoms with van der Waals surface area (Å²) in [4.78, 5) is 13.3. The van der Waals surface area contributed by atoms with Crippen molar-refractivity contribution in [1.29, 1.82) is 0 Å². The van der Waals surface area contributed by atoms with Crippen LogP contribution in [0, 0.1) is 5.82 Å². The van der Waals surface area contributed by atoms with E-state index in [1.807, 2.05) is 42.7 Å². The monoisotopic (exact) mass is 506 g/mol. The zero-order chi connectivity index (χ0) is 25.6. The minimum Gasteiger partial charge on any atom is -0.369 e. The van der Waals surface area contributed by atoms with Crippen LogP contribution in [0.3, 0.4) is 0 Å². The number of piperazine rings is 1. The lowest BCUT2D eigenvalue weighted by Crippen LogP contribution is -2.44. The topological polar surface area (TPSA) is 85.0 Å². The van der Waals surface area contributed by atoms with Crippen molar-refractivity contribution < 1.29 is 4.39 Å². The second kappa shape index (κ2) is 9.11. The second-order valence-corrected chi connectivity index (χ2v) is 9.91. The van der Waals surface area contributed by atoms with E-state index in [1.165, 1.54) is 0 Å². The van der Waals surface area contributed by atoms with E-state index < -0.39 is 0 Å². The molecule has 7 rings (SSSR count). The van der Waals surface area contributed by atoms with E-state index in [4.69, 9.17) is 0 Å². The average Bonchev–Trinajstić information content (AvgIpc) is 3.57. The predicted octanol–water partition coefficient (Wildman–Crippen LogP) is 5.11. The first-order valence-corrected chi connectivity index (χ1v) is 12.8. The van der Waals surface area contributed by atoms with Gasteiger partial charge in [-0.3, -0.25) is 10.1 Å². The highest BCUT2D eigenvalue weighted by molar-refractivity contribution is 5.92. The number of anilines is 3. The summed E-state index contributed by atoms with van der Waals surface area (Å²) in [6.45, 7) is 3.71. The van der Waals surface area contributed by atoms with Gasteiger partial charge in [0.15, 0.2) is 5.65 Å². The summed E-state index contributed by atoms with van der Waals surface area (Å²) in [5, 5.41) is 15.7. The van der Waals surface area contributed by atoms with E-state index >= 15 is 0 Å². The van der Waals surface area contributed by atoms with Gasteiger partial charge in [0.1, 0.15) is 12.0 Å². The number of aromatic nitrogens is 4. The number of likely N-dealkylation sites (N-methyl/N-ethyl adjacent to an activating group) is 1. The maximum absolute atomic E-state index is 14.9. The molecule has 1 fully saturated rings. The zero-order valence-electron chi connectivity index (χ0n) is 20.9. The molecule has 0 aliphatic carbocycles. The van der Waals surface area contributed by atoms with Gasteiger partial charge >= 0.3 is 0 Å². The highest BCUT2D eigenvalue weighted by Crippen LogP contribution is 2.43. The molecule has 190 valence electrons. The number of pyridine rings is 2. The predicted molar refractivity (Wildman–Crippen MR) is 149 cm³/mol. The molecular formula is C29H27FN8. The van der Waals surface area contributed by atoms with Crippen LogP contribution in [0.2, 0.25) is 0 Å². The fraction of sp³-hybridized carbons (Fsp3) is 0.207. The van der Waals surface area contributed by atoms with Crippen molar-refractivity contribution in [2.75, 3.05) is 48.8 Å². The Morgan fingerprint density at radius 3 is 2.63 bits per heavy atom. The number of nitrogens with one attached hydrogen (secondary N) is 3. The third kappa shape index (κ3) is 4.01. The summed E-state index contributed by atoms with van der Waals surface area (Å²) < 4.78 is 14.9. The van der Waals surface area contributed by atoms with Crippen LogP contribution in [-0.2, 0) is 0 Å². The number of fused-ring (bicyclic) bond motifs is 2. The van der Waals surface area contributed by atoms with Gasteiger partial charge in [-0.1, -0.05) is 18.2 Å². The lowest BCUT2D eigenvalue weighted by molar-refractivity contribution is 0.313. The van der Waals surface area contributed by atoms with Gasteiger partial charge in [0, 0.05) is 72.5 Å². The van der Waals surface area contributed by atoms with Crippen LogP contribution in [0.15, 0.2) is 73.2 Å². The highest BCUT2D eigenvalue weighted by Gasteiger charge is 2.27. The Kier molecular flexibility index (Phi) is 5.44. The molecular weight excluding hydrogens is 479 g/mol. The molecule has 1 unspecified atom stereocenters. The molecule has 9 heteroatoms. The van der Waals surface area contributed by atoms with E-state index in [0.717, 1.165) is 76.6 Å². The first-order valence-electron chi connectivity index (χ1n) is 12.8. The number of benzene rings is 2. The van der Waals surface area contributed by atoms with Crippen LogP contribution in [0.1, 0.15) is 11.9 Å². The lowest BCUT2D eigenvalue weighted by atomic mass is 10.0. The standard InChI is InChI=1S/C29H27FN8/c1-37-8-10-38(11-9-37)22-13-19(12-21(30)15-22)23-5-2-6-25-26(23)34-29(33-25)27-24-14-20(17-32-28(24)36-35-27)18-4-3-7-31-16-18/h2-7,12-17,29,33-34H,8-11H2,1H3,(H,32,35,36). The maximum atomic E-state index is 14.9. The molecule has 5 aromatic rings. The van der Waals surface area contributed by atoms with Gasteiger partial charge in [0.25, 0.3) is 0 Å². The SMILES string of the molecule is CN1CCN(c2cc(F)cc(-c3cccc4c3NC(c3[nH]nc5ncc(-c6cccnc6)cc35)N4)c2)CC1. The van der Waals surface area contributed by atoms with E-state index in [1.54, 1.807) is 18.3 Å². The second-order valence-electron chi connectivity index (χ2n) is 9.91. The molecule has 2 aromatic carbocycles. The van der Waals surface area contributed by atoms with Crippen LogP contribution in [0.4, 0.5) is 21.5 Å². The molecule has 38 heavy (non-hydrogen) atoms. The number of hydrogen-bond donors (Lipinski definition) is 3. The molecule has 2 aliphatic rings. The molecule has 1 saturated heterocycles. The van der Waals surface area contributed by atoms with E-state index in [2.05, 4.69) is 59.8 Å². The smallest absolute Gasteiger partial charge is 0.181 e. The van der Waals surface area contributed by atoms with Crippen molar-refractivity contribution in [3.05, 3.63) is 84.7 Å². The van der Waals surface area contributed by atoms with Crippen molar-refractivity contribution in [2.45, 2.75) is 6.17 Å². The van der Waals surface area contributed by atoms with Gasteiger partial charge in [0.2, 0.25) is 0 Å². The summed E-state index contributed by atoms with van der Waals surface area (Å²) >= 11 is 0. The van der Waals surface area contributed by atoms with Crippen molar-refractivity contribution in [3.63, 3.8) is 0 Å². The Labute approximate surface area is 219 Å². The van der Waals surface area contributed by atoms with E-state index in [9.17, 15) is 4.39 Å². The Hall–Kier alpha value is -4.50. The summed E-state index contributed by atoms with van der Waals surface area (Å²) in [5.74, 6) is -0.231. The summed E-state index contributed by atoms with van der Waals surface area (Å²) in [6.07, 6.45) is 5.15. The first kappa shape index (κ1) is 22.7. The Balaban J connectivity index is 1.22. The Morgan fingerprint density at radius 2 is 1.79 bits per heavy atom. The lowest BCUT2D eigenvalue weighted by Gasteiger charge is -2.34. The molecule has 3 N–H and O–H groups in total. The number of H-pyrrole nitrogens is 1. The Morgan fingerprint density at radius 1 is 0.895 bits per heavy atom. The molecule has 1 atom stereocenters. The number of rotatable bonds is 4. The van der Waals surface area contributed by atoms with Crippen LogP contribution >= 0.6 is 0 Å². The average molecular weight is 507 g/mol. The van der Waals surface area contributed by atoms with Crippen molar-refractivity contribution in [1.82, 2.24) is 25.1 Å². The molecule has 3 aromatic heterocycles. The highest BCUT2D eigenvalue weighted by atomic mass is 19.1. The van der Waals surface area contributed by atoms with E-state index in [0.29, 0.717) is 5.65 Å². The van der Waals surface area contributed by atoms with Crippen LogP contribution < -0.4 is 15.5 Å². The van der Waals surface area contributed by atoms with Gasteiger partial charge in [-0.2, -0.15) is 5.10 Å². The summed E-state index contributed by atoms with van der Waals surface area (Å²) in [7, 11) is 2.12. The molecule has 8 nitrogen and oxygen atoms in total. The van der Waals surface area contributed by atoms with Crippen LogP contribution in [0.25, 0.3) is 33.3 Å². The third-order valence-electron chi connectivity index (χ3n) is 7.44. The fourth-order valence-corrected chi connectivity index (χ4v) is 5.36. The molecule has 0 spiro atoms. The number of para-hydroxylation sites is 1. The maximum Gasteiger partial charge on any atom is 0.181 e. The fourth-order valence-electron chi connectivity index (χ4n) is 5.36. The first-order chi connectivity index (χ1) is 18.6. The summed E-state index contributed by atoms with van der Waals surface area (Å²) in [5.41, 5.74) is 8.11. The number of halogens is 1. The third-order valence-corrected chi connectivity index (χ3v) is 7.44. The van der Waals surface area contributed by atoms with Gasteiger partial charge in [0.05, 0.1) is 17.1 Å². The molecule has 0 saturated carbocycles. The molecule has 2 aliphatic heterocycles. The Bertz CT molecular complexity index is 1630.